The van der Waals surface area contributed by atoms with Crippen LogP contribution in [-0.4, -0.2) is 27.3 Å². The van der Waals surface area contributed by atoms with Crippen molar-refractivity contribution in [3.8, 4) is 0 Å². The van der Waals surface area contributed by atoms with Gasteiger partial charge in [0.15, 0.2) is 5.78 Å². The summed E-state index contributed by atoms with van der Waals surface area (Å²) in [7, 11) is 1.73. The van der Waals surface area contributed by atoms with Gasteiger partial charge in [0.25, 0.3) is 0 Å². The molecule has 1 aliphatic carbocycles. The molecule has 1 aromatic rings. The molecule has 2 rings (SSSR count). The Hall–Kier alpha value is -1.23. The number of aromatic nitrogens is 3. The quantitative estimate of drug-likeness (QED) is 0.694. The summed E-state index contributed by atoms with van der Waals surface area (Å²) in [6, 6.07) is 0. The number of Topliss-reactive ketones (excluding diaryl/α,β-unsaturated/α-hetero) is 1. The van der Waals surface area contributed by atoms with Crippen LogP contribution in [0.2, 0.25) is 0 Å². The molecule has 14 heavy (non-hydrogen) atoms. The van der Waals surface area contributed by atoms with E-state index >= 15 is 0 Å². The van der Waals surface area contributed by atoms with Gasteiger partial charge in [0.2, 0.25) is 0 Å². The van der Waals surface area contributed by atoms with Crippen molar-refractivity contribution in [2.24, 2.45) is 18.2 Å². The number of hydrogen-bond donors (Lipinski definition) is 1. The van der Waals surface area contributed by atoms with E-state index in [9.17, 15) is 4.79 Å². The van der Waals surface area contributed by atoms with Gasteiger partial charge in [-0.05, 0) is 12.8 Å². The molecular weight excluding hydrogens is 180 g/mol. The van der Waals surface area contributed by atoms with Crippen LogP contribution in [0.25, 0.3) is 0 Å². The van der Waals surface area contributed by atoms with Crippen molar-refractivity contribution >= 4 is 5.78 Å². The molecule has 5 heteroatoms. The second-order valence-electron chi connectivity index (χ2n) is 3.91. The highest BCUT2D eigenvalue weighted by molar-refractivity contribution is 5.99. The van der Waals surface area contributed by atoms with E-state index in [1.54, 1.807) is 7.05 Å². The third kappa shape index (κ3) is 1.16. The van der Waals surface area contributed by atoms with Crippen LogP contribution in [-0.2, 0) is 7.05 Å². The van der Waals surface area contributed by atoms with E-state index in [2.05, 4.69) is 10.3 Å². The minimum absolute atomic E-state index is 0.0961. The Kier molecular flexibility index (Phi) is 2.11. The van der Waals surface area contributed by atoms with Crippen LogP contribution in [0, 0.1) is 5.41 Å². The van der Waals surface area contributed by atoms with Crippen molar-refractivity contribution in [3.63, 3.8) is 0 Å². The fourth-order valence-electron chi connectivity index (χ4n) is 1.89. The molecule has 2 N–H and O–H groups in total. The molecular formula is C9H14N4O. The minimum Gasteiger partial charge on any atom is -0.329 e. The standard InChI is InChI=1S/C9H14N4O/c1-13-7(5-11-12-13)8(14)9(6-10)3-2-4-9/h5H,2-4,6,10H2,1H3. The zero-order valence-electron chi connectivity index (χ0n) is 8.23. The maximum Gasteiger partial charge on any atom is 0.189 e. The molecule has 76 valence electrons. The average molecular weight is 194 g/mol. The van der Waals surface area contributed by atoms with Crippen molar-refractivity contribution in [1.29, 1.82) is 0 Å². The molecule has 0 bridgehead atoms. The van der Waals surface area contributed by atoms with Crippen LogP contribution in [0.3, 0.4) is 0 Å². The van der Waals surface area contributed by atoms with Crippen LogP contribution in [0.15, 0.2) is 6.20 Å². The predicted octanol–water partition coefficient (Wildman–Crippen LogP) is 0.127. The number of nitrogens with zero attached hydrogens (tertiary/aromatic N) is 3. The molecule has 0 saturated heterocycles. The summed E-state index contributed by atoms with van der Waals surface area (Å²) in [5.74, 6) is 0.0961. The summed E-state index contributed by atoms with van der Waals surface area (Å²) < 4.78 is 1.51. The van der Waals surface area contributed by atoms with E-state index in [4.69, 9.17) is 5.73 Å². The van der Waals surface area contributed by atoms with Crippen LogP contribution in [0.1, 0.15) is 29.8 Å². The first-order valence-electron chi connectivity index (χ1n) is 4.79. The molecule has 0 unspecified atom stereocenters. The van der Waals surface area contributed by atoms with E-state index in [0.29, 0.717) is 12.2 Å². The second kappa shape index (κ2) is 3.16. The molecule has 1 heterocycles. The van der Waals surface area contributed by atoms with E-state index < -0.39 is 0 Å². The first-order valence-corrected chi connectivity index (χ1v) is 4.79. The van der Waals surface area contributed by atoms with Crippen LogP contribution in [0.4, 0.5) is 0 Å². The fourth-order valence-corrected chi connectivity index (χ4v) is 1.89. The molecule has 1 fully saturated rings. The van der Waals surface area contributed by atoms with E-state index in [0.717, 1.165) is 19.3 Å². The van der Waals surface area contributed by atoms with Crippen LogP contribution >= 0.6 is 0 Å². The third-order valence-electron chi connectivity index (χ3n) is 3.13. The zero-order chi connectivity index (χ0) is 10.2. The van der Waals surface area contributed by atoms with Gasteiger partial charge in [-0.1, -0.05) is 11.6 Å². The van der Waals surface area contributed by atoms with Gasteiger partial charge in [-0.25, -0.2) is 4.68 Å². The van der Waals surface area contributed by atoms with Gasteiger partial charge in [0.1, 0.15) is 5.69 Å². The lowest BCUT2D eigenvalue weighted by Crippen LogP contribution is -2.45. The molecule has 0 aliphatic heterocycles. The second-order valence-corrected chi connectivity index (χ2v) is 3.91. The van der Waals surface area contributed by atoms with Crippen molar-refractivity contribution in [3.05, 3.63) is 11.9 Å². The van der Waals surface area contributed by atoms with Crippen molar-refractivity contribution in [2.75, 3.05) is 6.54 Å². The normalized spacial score (nSPS) is 19.0. The number of nitrogens with two attached hydrogens (primary N) is 1. The highest BCUT2D eigenvalue weighted by Gasteiger charge is 2.44. The summed E-state index contributed by atoms with van der Waals surface area (Å²) in [4.78, 5) is 12.1. The van der Waals surface area contributed by atoms with Gasteiger partial charge in [-0.2, -0.15) is 0 Å². The maximum atomic E-state index is 12.1. The smallest absolute Gasteiger partial charge is 0.189 e. The maximum absolute atomic E-state index is 12.1. The van der Waals surface area contributed by atoms with Gasteiger partial charge in [-0.3, -0.25) is 4.79 Å². The summed E-state index contributed by atoms with van der Waals surface area (Å²) >= 11 is 0. The molecule has 5 nitrogen and oxygen atoms in total. The van der Waals surface area contributed by atoms with E-state index in [-0.39, 0.29) is 11.2 Å². The number of ketones is 1. The SMILES string of the molecule is Cn1nncc1C(=O)C1(CN)CCC1. The molecule has 0 aromatic carbocycles. The Balaban J connectivity index is 2.27. The Morgan fingerprint density at radius 3 is 2.79 bits per heavy atom. The predicted molar refractivity (Wildman–Crippen MR) is 50.7 cm³/mol. The number of rotatable bonds is 3. The lowest BCUT2D eigenvalue weighted by Gasteiger charge is -2.38. The van der Waals surface area contributed by atoms with Crippen molar-refractivity contribution in [2.45, 2.75) is 19.3 Å². The van der Waals surface area contributed by atoms with Gasteiger partial charge in [-0.15, -0.1) is 5.10 Å². The van der Waals surface area contributed by atoms with E-state index in [1.165, 1.54) is 10.9 Å². The molecule has 0 spiro atoms. The zero-order valence-corrected chi connectivity index (χ0v) is 8.23. The summed E-state index contributed by atoms with van der Waals surface area (Å²) in [5.41, 5.74) is 5.90. The lowest BCUT2D eigenvalue weighted by atomic mass is 9.65. The molecule has 1 aromatic heterocycles. The molecule has 1 aliphatic rings. The Bertz CT molecular complexity index is 348. The largest absolute Gasteiger partial charge is 0.329 e. The van der Waals surface area contributed by atoms with Crippen LogP contribution in [0.5, 0.6) is 0 Å². The number of carbonyl (C=O) groups is 1. The summed E-state index contributed by atoms with van der Waals surface area (Å²) in [5, 5.41) is 7.45. The van der Waals surface area contributed by atoms with Gasteiger partial charge < -0.3 is 5.73 Å². The minimum atomic E-state index is -0.324. The van der Waals surface area contributed by atoms with Crippen molar-refractivity contribution < 1.29 is 4.79 Å². The van der Waals surface area contributed by atoms with Gasteiger partial charge in [0, 0.05) is 19.0 Å². The summed E-state index contributed by atoms with van der Waals surface area (Å²) in [6.07, 6.45) is 4.40. The third-order valence-corrected chi connectivity index (χ3v) is 3.13. The first-order chi connectivity index (χ1) is 6.69. The molecule has 0 amide bonds. The fraction of sp³-hybridized carbons (Fsp3) is 0.667. The Morgan fingerprint density at radius 1 is 1.71 bits per heavy atom. The van der Waals surface area contributed by atoms with Gasteiger partial charge >= 0.3 is 0 Å². The topological polar surface area (TPSA) is 73.8 Å². The number of aryl methyl sites for hydroxylation is 1. The summed E-state index contributed by atoms with van der Waals surface area (Å²) in [6.45, 7) is 0.428. The number of hydrogen-bond acceptors (Lipinski definition) is 4. The molecule has 0 radical (unpaired) electrons. The Morgan fingerprint density at radius 2 is 2.43 bits per heavy atom. The average Bonchev–Trinajstić information content (AvgIpc) is 2.50. The molecule has 0 atom stereocenters. The molecule has 1 saturated carbocycles. The highest BCUT2D eigenvalue weighted by atomic mass is 16.1. The van der Waals surface area contributed by atoms with E-state index in [1.807, 2.05) is 0 Å². The van der Waals surface area contributed by atoms with Crippen LogP contribution < -0.4 is 5.73 Å². The van der Waals surface area contributed by atoms with Crippen molar-refractivity contribution in [1.82, 2.24) is 15.0 Å². The highest BCUT2D eigenvalue weighted by Crippen LogP contribution is 2.42. The lowest BCUT2D eigenvalue weighted by molar-refractivity contribution is 0.0625. The van der Waals surface area contributed by atoms with Gasteiger partial charge in [0.05, 0.1) is 6.20 Å². The monoisotopic (exact) mass is 194 g/mol. The number of carbonyl (C=O) groups excluding carboxylic acids is 1. The Labute approximate surface area is 82.3 Å². The first kappa shape index (κ1) is 9.33.